The summed E-state index contributed by atoms with van der Waals surface area (Å²) < 4.78 is 1.90. The fourth-order valence-corrected chi connectivity index (χ4v) is 2.59. The van der Waals surface area contributed by atoms with Gasteiger partial charge in [-0.15, -0.1) is 0 Å². The average molecular weight is 309 g/mol. The Hall–Kier alpha value is -2.53. The van der Waals surface area contributed by atoms with Crippen molar-refractivity contribution >= 4 is 34.7 Å². The Labute approximate surface area is 133 Å². The molecular formula is C17H15N3OS. The molecule has 0 spiro atoms. The Morgan fingerprint density at radius 2 is 1.86 bits per heavy atom. The molecule has 0 atom stereocenters. The molecule has 0 aliphatic rings. The van der Waals surface area contributed by atoms with Crippen LogP contribution in [0.3, 0.4) is 0 Å². The molecule has 0 saturated carbocycles. The monoisotopic (exact) mass is 309 g/mol. The molecule has 4 nitrogen and oxygen atoms in total. The predicted molar refractivity (Wildman–Crippen MR) is 90.5 cm³/mol. The molecule has 2 aromatic carbocycles. The number of hydrogen-bond donors (Lipinski definition) is 1. The van der Waals surface area contributed by atoms with Crippen molar-refractivity contribution in [1.29, 1.82) is 0 Å². The molecule has 0 amide bonds. The van der Waals surface area contributed by atoms with Crippen molar-refractivity contribution in [2.75, 3.05) is 5.73 Å². The molecular weight excluding hydrogens is 294 g/mol. The number of nitrogen functional groups attached to an aromatic ring is 1. The molecule has 0 aliphatic carbocycles. The standard InChI is InChI=1S/C17H15N3OS/c1-11-6-8-12(9-7-11)15(21)10-20-16(18)13-4-2-3-5-14(13)19-17(20)22/h2-9H,10,18H2,1H3. The third-order valence-electron chi connectivity index (χ3n) is 3.59. The van der Waals surface area contributed by atoms with Gasteiger partial charge in [0.25, 0.3) is 0 Å². The third-order valence-corrected chi connectivity index (χ3v) is 3.90. The SMILES string of the molecule is Cc1ccc(C(=O)Cn2c(N)c3ccccc3nc2=S)cc1. The van der Waals surface area contributed by atoms with Gasteiger partial charge in [0.15, 0.2) is 5.78 Å². The second-order valence-corrected chi connectivity index (χ2v) is 5.54. The Bertz CT molecular complexity index is 913. The van der Waals surface area contributed by atoms with Gasteiger partial charge in [-0.3, -0.25) is 9.36 Å². The maximum atomic E-state index is 12.4. The summed E-state index contributed by atoms with van der Waals surface area (Å²) in [5.74, 6) is 0.427. The molecule has 22 heavy (non-hydrogen) atoms. The van der Waals surface area contributed by atoms with Gasteiger partial charge in [0.2, 0.25) is 4.77 Å². The first kappa shape index (κ1) is 14.4. The van der Waals surface area contributed by atoms with Gasteiger partial charge in [-0.2, -0.15) is 0 Å². The van der Waals surface area contributed by atoms with Gasteiger partial charge in [0, 0.05) is 10.9 Å². The van der Waals surface area contributed by atoms with Crippen LogP contribution in [0.1, 0.15) is 15.9 Å². The molecule has 1 aromatic heterocycles. The largest absolute Gasteiger partial charge is 0.384 e. The molecule has 0 aliphatic heterocycles. The van der Waals surface area contributed by atoms with Crippen LogP contribution in [0.2, 0.25) is 0 Å². The van der Waals surface area contributed by atoms with Crippen molar-refractivity contribution in [1.82, 2.24) is 9.55 Å². The van der Waals surface area contributed by atoms with Gasteiger partial charge in [-0.1, -0.05) is 42.0 Å². The molecule has 3 aromatic rings. The number of carbonyl (C=O) groups is 1. The summed E-state index contributed by atoms with van der Waals surface area (Å²) >= 11 is 5.28. The fourth-order valence-electron chi connectivity index (χ4n) is 2.33. The van der Waals surface area contributed by atoms with Gasteiger partial charge in [0.05, 0.1) is 12.1 Å². The number of ketones is 1. The highest BCUT2D eigenvalue weighted by molar-refractivity contribution is 7.71. The van der Waals surface area contributed by atoms with Crippen LogP contribution in [-0.4, -0.2) is 15.3 Å². The van der Waals surface area contributed by atoms with Crippen LogP contribution >= 0.6 is 12.2 Å². The summed E-state index contributed by atoms with van der Waals surface area (Å²) in [4.78, 5) is 16.8. The number of aryl methyl sites for hydroxylation is 1. The van der Waals surface area contributed by atoms with Crippen molar-refractivity contribution in [3.8, 4) is 0 Å². The van der Waals surface area contributed by atoms with E-state index in [1.54, 1.807) is 4.57 Å². The Kier molecular flexibility index (Phi) is 3.73. The minimum atomic E-state index is -0.0418. The summed E-state index contributed by atoms with van der Waals surface area (Å²) in [5, 5.41) is 0.799. The zero-order valence-corrected chi connectivity index (χ0v) is 12.9. The zero-order chi connectivity index (χ0) is 15.7. The predicted octanol–water partition coefficient (Wildman–Crippen LogP) is 3.54. The first-order chi connectivity index (χ1) is 10.6. The number of aromatic nitrogens is 2. The van der Waals surface area contributed by atoms with Crippen molar-refractivity contribution in [3.63, 3.8) is 0 Å². The highest BCUT2D eigenvalue weighted by atomic mass is 32.1. The Balaban J connectivity index is 2.02. The van der Waals surface area contributed by atoms with E-state index in [-0.39, 0.29) is 12.3 Å². The number of hydrogen-bond acceptors (Lipinski definition) is 4. The molecule has 3 rings (SSSR count). The highest BCUT2D eigenvalue weighted by Crippen LogP contribution is 2.19. The van der Waals surface area contributed by atoms with Crippen LogP contribution in [0.25, 0.3) is 10.9 Å². The van der Waals surface area contributed by atoms with Crippen molar-refractivity contribution < 1.29 is 4.79 Å². The topological polar surface area (TPSA) is 60.9 Å². The molecule has 0 radical (unpaired) electrons. The molecule has 0 fully saturated rings. The van der Waals surface area contributed by atoms with Gasteiger partial charge < -0.3 is 5.73 Å². The number of Topliss-reactive ketones (excluding diaryl/α,β-unsaturated/α-hetero) is 1. The molecule has 0 saturated heterocycles. The van der Waals surface area contributed by atoms with E-state index in [2.05, 4.69) is 4.98 Å². The summed E-state index contributed by atoms with van der Waals surface area (Å²) in [5.41, 5.74) is 8.66. The van der Waals surface area contributed by atoms with E-state index >= 15 is 0 Å². The van der Waals surface area contributed by atoms with Crippen molar-refractivity contribution in [2.24, 2.45) is 0 Å². The smallest absolute Gasteiger partial charge is 0.202 e. The minimum Gasteiger partial charge on any atom is -0.384 e. The summed E-state index contributed by atoms with van der Waals surface area (Å²) in [7, 11) is 0. The van der Waals surface area contributed by atoms with E-state index in [1.807, 2.05) is 55.5 Å². The number of nitrogens with zero attached hydrogens (tertiary/aromatic N) is 2. The van der Waals surface area contributed by atoms with Gasteiger partial charge in [0.1, 0.15) is 5.82 Å². The van der Waals surface area contributed by atoms with Crippen LogP contribution in [0, 0.1) is 11.7 Å². The lowest BCUT2D eigenvalue weighted by atomic mass is 10.1. The second-order valence-electron chi connectivity index (χ2n) is 5.17. The van der Waals surface area contributed by atoms with Crippen LogP contribution in [-0.2, 0) is 6.54 Å². The number of carbonyl (C=O) groups excluding carboxylic acids is 1. The van der Waals surface area contributed by atoms with Crippen LogP contribution < -0.4 is 5.73 Å². The molecule has 1 heterocycles. The Morgan fingerprint density at radius 1 is 1.18 bits per heavy atom. The molecule has 2 N–H and O–H groups in total. The summed E-state index contributed by atoms with van der Waals surface area (Å²) in [6.07, 6.45) is 0. The second kappa shape index (κ2) is 5.69. The van der Waals surface area contributed by atoms with Crippen LogP contribution in [0.5, 0.6) is 0 Å². The lowest BCUT2D eigenvalue weighted by Gasteiger charge is -2.12. The molecule has 0 bridgehead atoms. The van der Waals surface area contributed by atoms with Crippen LogP contribution in [0.15, 0.2) is 48.5 Å². The van der Waals surface area contributed by atoms with E-state index in [0.29, 0.717) is 16.2 Å². The van der Waals surface area contributed by atoms with Gasteiger partial charge in [-0.25, -0.2) is 4.98 Å². The fraction of sp³-hybridized carbons (Fsp3) is 0.118. The normalized spacial score (nSPS) is 10.8. The summed E-state index contributed by atoms with van der Waals surface area (Å²) in [6, 6.07) is 14.9. The molecule has 110 valence electrons. The van der Waals surface area contributed by atoms with E-state index < -0.39 is 0 Å². The number of benzene rings is 2. The zero-order valence-electron chi connectivity index (χ0n) is 12.1. The first-order valence-corrected chi connectivity index (χ1v) is 7.32. The average Bonchev–Trinajstić information content (AvgIpc) is 2.52. The van der Waals surface area contributed by atoms with Gasteiger partial charge in [-0.05, 0) is 31.3 Å². The maximum Gasteiger partial charge on any atom is 0.202 e. The van der Waals surface area contributed by atoms with Crippen LogP contribution in [0.4, 0.5) is 5.82 Å². The number of nitrogens with two attached hydrogens (primary N) is 1. The Morgan fingerprint density at radius 3 is 2.59 bits per heavy atom. The van der Waals surface area contributed by atoms with E-state index in [9.17, 15) is 4.79 Å². The lowest BCUT2D eigenvalue weighted by molar-refractivity contribution is 0.0972. The lowest BCUT2D eigenvalue weighted by Crippen LogP contribution is -2.16. The number of para-hydroxylation sites is 1. The maximum absolute atomic E-state index is 12.4. The van der Waals surface area contributed by atoms with E-state index in [4.69, 9.17) is 18.0 Å². The van der Waals surface area contributed by atoms with Gasteiger partial charge >= 0.3 is 0 Å². The summed E-state index contributed by atoms with van der Waals surface area (Å²) in [6.45, 7) is 2.07. The number of fused-ring (bicyclic) bond motifs is 1. The third kappa shape index (κ3) is 2.63. The molecule has 0 unspecified atom stereocenters. The quantitative estimate of drug-likeness (QED) is 0.594. The van der Waals surface area contributed by atoms with Crippen molar-refractivity contribution in [2.45, 2.75) is 13.5 Å². The minimum absolute atomic E-state index is 0.0418. The number of anilines is 1. The van der Waals surface area contributed by atoms with Crippen molar-refractivity contribution in [3.05, 3.63) is 64.4 Å². The van der Waals surface area contributed by atoms with E-state index in [0.717, 1.165) is 16.5 Å². The number of rotatable bonds is 3. The van der Waals surface area contributed by atoms with E-state index in [1.165, 1.54) is 0 Å². The first-order valence-electron chi connectivity index (χ1n) is 6.91. The molecule has 5 heteroatoms. The highest BCUT2D eigenvalue weighted by Gasteiger charge is 2.11.